The predicted molar refractivity (Wildman–Crippen MR) is 86.6 cm³/mol. The van der Waals surface area contributed by atoms with E-state index in [-0.39, 0.29) is 28.1 Å². The van der Waals surface area contributed by atoms with Crippen LogP contribution in [-0.4, -0.2) is 16.1 Å². The third-order valence-corrected chi connectivity index (χ3v) is 2.78. The fraction of sp³-hybridized carbons (Fsp3) is 0. The van der Waals surface area contributed by atoms with E-state index >= 15 is 0 Å². The number of amidine groups is 1. The summed E-state index contributed by atoms with van der Waals surface area (Å²) in [5.41, 5.74) is 0.503. The molecule has 7 heteroatoms. The molecule has 0 bridgehead atoms. The fourth-order valence-corrected chi connectivity index (χ4v) is 1.76. The molecule has 124 valence electrons. The quantitative estimate of drug-likeness (QED) is 0.181. The van der Waals surface area contributed by atoms with Crippen molar-refractivity contribution in [1.29, 1.82) is 0 Å². The molecule has 0 aliphatic rings. The van der Waals surface area contributed by atoms with Crippen molar-refractivity contribution >= 4 is 17.4 Å². The summed E-state index contributed by atoms with van der Waals surface area (Å²) in [4.78, 5) is 16.6. The van der Waals surface area contributed by atoms with Gasteiger partial charge in [0, 0.05) is 10.6 Å². The van der Waals surface area contributed by atoms with Crippen molar-refractivity contribution in [2.45, 2.75) is 0 Å². The molecule has 0 amide bonds. The molecule has 0 atom stereocenters. The Bertz CT molecular complexity index is 802. The minimum absolute atomic E-state index is 0. The van der Waals surface area contributed by atoms with Crippen LogP contribution in [0, 0.1) is 10.1 Å². The average Bonchev–Trinajstić information content (AvgIpc) is 3.23. The van der Waals surface area contributed by atoms with Gasteiger partial charge in [-0.3, -0.25) is 15.1 Å². The molecule has 0 aliphatic heterocycles. The summed E-state index contributed by atoms with van der Waals surface area (Å²) in [6.07, 6.45) is 0. The number of aliphatic hydroxyl groups is 1. The maximum atomic E-state index is 10.8. The first-order chi connectivity index (χ1) is 11.2. The molecule has 0 fully saturated rings. The first kappa shape index (κ1) is 19.2. The molecule has 0 saturated heterocycles. The number of rotatable bonds is 2. The molecular weight excluding hydrogens is 350 g/mol. The van der Waals surface area contributed by atoms with Gasteiger partial charge in [-0.1, -0.05) is 11.1 Å². The van der Waals surface area contributed by atoms with E-state index in [2.05, 4.69) is 9.98 Å². The summed E-state index contributed by atoms with van der Waals surface area (Å²) in [7, 11) is 0. The molecule has 0 aromatic heterocycles. The number of nitrogens with zero attached hydrogens (tertiary/aromatic N) is 2. The van der Waals surface area contributed by atoms with E-state index in [0.717, 1.165) is 0 Å². The largest absolute Gasteiger partial charge is 2.00 e. The van der Waals surface area contributed by atoms with Crippen LogP contribution in [0.25, 0.3) is 0 Å². The van der Waals surface area contributed by atoms with Crippen LogP contribution in [0.2, 0.25) is 0 Å². The number of non-ortho nitro benzene ring substituents is 1. The molecule has 24 heavy (non-hydrogen) atoms. The molecular formula is C17H15FeN3O3. The molecule has 0 heterocycles. The van der Waals surface area contributed by atoms with Crippen molar-refractivity contribution in [2.24, 2.45) is 4.99 Å². The van der Waals surface area contributed by atoms with Crippen molar-refractivity contribution in [3.8, 4) is 0 Å². The minimum atomic E-state index is -0.547. The third kappa shape index (κ3) is 6.08. The molecule has 3 aromatic rings. The van der Waals surface area contributed by atoms with Crippen LogP contribution in [0.3, 0.4) is 0 Å². The Hall–Kier alpha value is -2.89. The number of benzene rings is 1. The monoisotopic (exact) mass is 365 g/mol. The van der Waals surface area contributed by atoms with E-state index in [1.807, 2.05) is 30.3 Å². The summed E-state index contributed by atoms with van der Waals surface area (Å²) in [6, 6.07) is 22.6. The predicted octanol–water partition coefficient (Wildman–Crippen LogP) is 1.66. The first-order valence-electron chi connectivity index (χ1n) is 6.83. The standard InChI is InChI=1S/C12H10N3O3.C5H5.Fe/c16-12(13-9-5-1-2-6-9)14-10-7-3-4-8-11(10)15(17)18;1-2-4-5-3-1;/h1-8,13,16H;1-5H;/q2*-1;+2/b13-12?,14-10+;;. The van der Waals surface area contributed by atoms with Gasteiger partial charge in [-0.25, -0.2) is 12.1 Å². The van der Waals surface area contributed by atoms with Gasteiger partial charge in [-0.05, 0) is 0 Å². The molecule has 3 aromatic carbocycles. The van der Waals surface area contributed by atoms with Crippen LogP contribution in [0.4, 0.5) is 11.4 Å². The SMILES string of the molecule is O=[N+]([O-])[c-]1cccc/c1=N\C(O)=[NH+][c-]1cccc1.[Fe+2].c1cc[cH-]c1. The molecule has 3 rings (SSSR count). The zero-order chi connectivity index (χ0) is 16.5. The summed E-state index contributed by atoms with van der Waals surface area (Å²) in [5.74, 6) is 0. The van der Waals surface area contributed by atoms with Gasteiger partial charge in [0.25, 0.3) is 0 Å². The van der Waals surface area contributed by atoms with Crippen LogP contribution in [0.15, 0.2) is 83.9 Å². The number of nitro groups is 1. The summed E-state index contributed by atoms with van der Waals surface area (Å²) in [5, 5.41) is 20.4. The Morgan fingerprint density at radius 1 is 1.12 bits per heavy atom. The number of aliphatic hydroxyl groups excluding tert-OH is 1. The fourth-order valence-electron chi connectivity index (χ4n) is 1.76. The molecule has 0 saturated carbocycles. The number of hydrogen-bond acceptors (Lipinski definition) is 2. The number of hydrogen-bond donors (Lipinski definition) is 2. The summed E-state index contributed by atoms with van der Waals surface area (Å²) < 4.78 is 0. The molecule has 0 unspecified atom stereocenters. The number of para-hydroxylation sites is 2. The maximum absolute atomic E-state index is 10.8. The summed E-state index contributed by atoms with van der Waals surface area (Å²) in [6.45, 7) is 0. The maximum Gasteiger partial charge on any atom is 2.00 e. The molecule has 2 N–H and O–H groups in total. The molecule has 0 spiro atoms. The first-order valence-corrected chi connectivity index (χ1v) is 6.83. The van der Waals surface area contributed by atoms with Crippen molar-refractivity contribution < 1.29 is 32.1 Å². The Kier molecular flexibility index (Phi) is 7.98. The minimum Gasteiger partial charge on any atom is -0.487 e. The van der Waals surface area contributed by atoms with Crippen molar-refractivity contribution in [3.63, 3.8) is 0 Å². The zero-order valence-corrected chi connectivity index (χ0v) is 13.6. The third-order valence-electron chi connectivity index (χ3n) is 2.78. The Morgan fingerprint density at radius 2 is 1.75 bits per heavy atom. The average molecular weight is 365 g/mol. The van der Waals surface area contributed by atoms with Gasteiger partial charge >= 0.3 is 23.1 Å². The van der Waals surface area contributed by atoms with E-state index in [0.29, 0.717) is 5.69 Å². The number of nitro benzene ring substituents is 1. The Labute approximate surface area is 149 Å². The Balaban J connectivity index is 0.000000412. The van der Waals surface area contributed by atoms with Gasteiger partial charge in [-0.15, -0.1) is 18.2 Å². The smallest absolute Gasteiger partial charge is 0.487 e. The van der Waals surface area contributed by atoms with Crippen LogP contribution in [-0.2, 0) is 17.1 Å². The second kappa shape index (κ2) is 9.99. The second-order valence-corrected chi connectivity index (χ2v) is 4.44. The van der Waals surface area contributed by atoms with Crippen LogP contribution in [0.1, 0.15) is 0 Å². The van der Waals surface area contributed by atoms with Crippen molar-refractivity contribution in [1.82, 2.24) is 0 Å². The molecule has 6 nitrogen and oxygen atoms in total. The van der Waals surface area contributed by atoms with E-state index in [1.165, 1.54) is 12.1 Å². The van der Waals surface area contributed by atoms with Crippen LogP contribution in [0.5, 0.6) is 0 Å². The Morgan fingerprint density at radius 3 is 2.29 bits per heavy atom. The van der Waals surface area contributed by atoms with E-state index < -0.39 is 10.9 Å². The zero-order valence-electron chi connectivity index (χ0n) is 12.5. The van der Waals surface area contributed by atoms with Crippen molar-refractivity contribution in [3.05, 3.63) is 94.3 Å². The van der Waals surface area contributed by atoms with E-state index in [9.17, 15) is 15.2 Å². The van der Waals surface area contributed by atoms with Gasteiger partial charge in [0.15, 0.2) is 0 Å². The van der Waals surface area contributed by atoms with E-state index in [1.54, 1.807) is 36.4 Å². The van der Waals surface area contributed by atoms with Gasteiger partial charge in [0.05, 0.1) is 0 Å². The normalized spacial score (nSPS) is 11.2. The second-order valence-electron chi connectivity index (χ2n) is 4.44. The number of nitrogens with one attached hydrogen (secondary N) is 1. The van der Waals surface area contributed by atoms with Gasteiger partial charge in [0.2, 0.25) is 5.69 Å². The van der Waals surface area contributed by atoms with Crippen molar-refractivity contribution in [2.75, 3.05) is 0 Å². The molecule has 0 radical (unpaired) electrons. The van der Waals surface area contributed by atoms with Crippen LogP contribution < -0.4 is 10.3 Å². The topological polar surface area (TPSA) is 89.7 Å². The van der Waals surface area contributed by atoms with Gasteiger partial charge in [0.1, 0.15) is 5.36 Å². The van der Waals surface area contributed by atoms with Crippen LogP contribution >= 0.6 is 0 Å². The van der Waals surface area contributed by atoms with Gasteiger partial charge < -0.3 is 5.11 Å². The van der Waals surface area contributed by atoms with E-state index in [4.69, 9.17) is 0 Å². The summed E-state index contributed by atoms with van der Waals surface area (Å²) >= 11 is 0. The molecule has 0 aliphatic carbocycles. The van der Waals surface area contributed by atoms with Gasteiger partial charge in [-0.2, -0.15) is 42.5 Å².